The topological polar surface area (TPSA) is 108 Å². The van der Waals surface area contributed by atoms with Crippen molar-refractivity contribution >= 4 is 19.1 Å². The smallest absolute Gasteiger partial charge is 0.273 e. The van der Waals surface area contributed by atoms with E-state index in [0.29, 0.717) is 28.8 Å². The minimum absolute atomic E-state index is 0.237. The summed E-state index contributed by atoms with van der Waals surface area (Å²) in [4.78, 5) is 34.7. The van der Waals surface area contributed by atoms with E-state index in [-0.39, 0.29) is 11.7 Å². The van der Waals surface area contributed by atoms with Crippen LogP contribution in [0.1, 0.15) is 16.8 Å². The fourth-order valence-electron chi connectivity index (χ4n) is 2.52. The zero-order chi connectivity index (χ0) is 17.1. The predicted octanol–water partition coefficient (Wildman–Crippen LogP) is 1.71. The highest BCUT2D eigenvalue weighted by molar-refractivity contribution is 7.44. The van der Waals surface area contributed by atoms with Gasteiger partial charge in [-0.3, -0.25) is 4.79 Å². The Morgan fingerprint density at radius 3 is 2.58 bits per heavy atom. The Kier molecular flexibility index (Phi) is 4.85. The highest BCUT2D eigenvalue weighted by atomic mass is 31.2. The molecular weight excluding hydrogens is 329 g/mol. The number of aromatic amines is 1. The zero-order valence-corrected chi connectivity index (χ0v) is 13.8. The molecule has 0 amide bonds. The first-order valence-electron chi connectivity index (χ1n) is 7.21. The van der Waals surface area contributed by atoms with Crippen LogP contribution in [-0.2, 0) is 12.6 Å². The lowest BCUT2D eigenvalue weighted by atomic mass is 10.0. The van der Waals surface area contributed by atoms with E-state index in [1.165, 1.54) is 7.11 Å². The fraction of sp³-hybridized carbons (Fsp3) is 0.188. The van der Waals surface area contributed by atoms with Crippen LogP contribution in [0, 0.1) is 0 Å². The summed E-state index contributed by atoms with van der Waals surface area (Å²) >= 11 is 0. The second kappa shape index (κ2) is 7.05. The number of aromatic nitrogens is 3. The van der Waals surface area contributed by atoms with Crippen LogP contribution in [-0.4, -0.2) is 32.1 Å². The van der Waals surface area contributed by atoms with E-state index in [1.807, 2.05) is 24.3 Å². The summed E-state index contributed by atoms with van der Waals surface area (Å²) < 4.78 is 5.20. The first-order chi connectivity index (χ1) is 11.6. The van der Waals surface area contributed by atoms with Crippen LogP contribution in [0.3, 0.4) is 0 Å². The molecule has 0 spiro atoms. The number of fused-ring (bicyclic) bond motifs is 1. The Labute approximate surface area is 138 Å². The molecule has 0 atom stereocenters. The summed E-state index contributed by atoms with van der Waals surface area (Å²) in [7, 11) is -0.427. The second-order valence-corrected chi connectivity index (χ2v) is 6.36. The number of rotatable bonds is 5. The van der Waals surface area contributed by atoms with Crippen molar-refractivity contribution in [3.8, 4) is 5.88 Å². The predicted molar refractivity (Wildman–Crippen MR) is 91.0 cm³/mol. The molecule has 0 radical (unpaired) electrons. The number of benzene rings is 1. The summed E-state index contributed by atoms with van der Waals surface area (Å²) in [5.74, 6) is 0.424. The van der Waals surface area contributed by atoms with Crippen molar-refractivity contribution in [3.63, 3.8) is 0 Å². The second-order valence-electron chi connectivity index (χ2n) is 5.30. The molecule has 3 rings (SSSR count). The van der Waals surface area contributed by atoms with Crippen molar-refractivity contribution in [2.24, 2.45) is 0 Å². The third-order valence-electron chi connectivity index (χ3n) is 3.63. The zero-order valence-electron chi connectivity index (χ0n) is 12.9. The fourth-order valence-corrected chi connectivity index (χ4v) is 3.06. The van der Waals surface area contributed by atoms with Gasteiger partial charge in [0.15, 0.2) is 8.38 Å². The monoisotopic (exact) mass is 345 g/mol. The molecule has 3 N–H and O–H groups in total. The summed E-state index contributed by atoms with van der Waals surface area (Å²) in [6.07, 6.45) is 2.26. The molecule has 2 aromatic heterocycles. The molecule has 124 valence electrons. The number of hydrogen-bond donors (Lipinski definition) is 3. The number of H-pyrrole nitrogens is 1. The molecule has 24 heavy (non-hydrogen) atoms. The van der Waals surface area contributed by atoms with Crippen molar-refractivity contribution < 1.29 is 14.5 Å². The number of pyridine rings is 1. The Morgan fingerprint density at radius 1 is 1.21 bits per heavy atom. The van der Waals surface area contributed by atoms with Gasteiger partial charge in [0.1, 0.15) is 0 Å². The van der Waals surface area contributed by atoms with Crippen LogP contribution < -0.4 is 10.3 Å². The average Bonchev–Trinajstić information content (AvgIpc) is 2.56. The van der Waals surface area contributed by atoms with Crippen LogP contribution in [0.4, 0.5) is 0 Å². The van der Waals surface area contributed by atoms with Crippen molar-refractivity contribution in [2.45, 2.75) is 12.6 Å². The maximum Gasteiger partial charge on any atom is 0.273 e. The molecule has 0 aliphatic carbocycles. The Hall–Kier alpha value is -2.34. The summed E-state index contributed by atoms with van der Waals surface area (Å²) in [5, 5.41) is 7.40. The number of ether oxygens (including phenoxy) is 1. The molecule has 0 aliphatic heterocycles. The number of nitrogens with zero attached hydrogens (tertiary/aromatic N) is 2. The quantitative estimate of drug-likeness (QED) is 0.608. The number of hydrogen-bond acceptors (Lipinski definition) is 6. The van der Waals surface area contributed by atoms with Crippen molar-refractivity contribution in [1.82, 2.24) is 15.2 Å². The lowest BCUT2D eigenvalue weighted by molar-refractivity contribution is 0.397. The SMILES string of the molecule is COc1cc2cn[nH]c(=O)c2c(Cc2ccc(CP(O)O)cc2)n1. The van der Waals surface area contributed by atoms with Crippen LogP contribution in [0.2, 0.25) is 0 Å². The Balaban J connectivity index is 1.98. The Morgan fingerprint density at radius 2 is 1.92 bits per heavy atom. The molecule has 0 aliphatic rings. The van der Waals surface area contributed by atoms with Gasteiger partial charge in [0.25, 0.3) is 5.56 Å². The van der Waals surface area contributed by atoms with Gasteiger partial charge in [-0.15, -0.1) is 0 Å². The van der Waals surface area contributed by atoms with Crippen LogP contribution in [0.25, 0.3) is 10.8 Å². The van der Waals surface area contributed by atoms with Gasteiger partial charge in [0.2, 0.25) is 5.88 Å². The van der Waals surface area contributed by atoms with Crippen LogP contribution >= 0.6 is 8.38 Å². The molecule has 1 aromatic carbocycles. The van der Waals surface area contributed by atoms with Gasteiger partial charge in [-0.2, -0.15) is 5.10 Å². The molecule has 7 nitrogen and oxygen atoms in total. The van der Waals surface area contributed by atoms with Gasteiger partial charge in [-0.25, -0.2) is 10.1 Å². The highest BCUT2D eigenvalue weighted by Gasteiger charge is 2.11. The average molecular weight is 345 g/mol. The van der Waals surface area contributed by atoms with Crippen molar-refractivity contribution in [2.75, 3.05) is 7.11 Å². The minimum atomic E-state index is -1.95. The van der Waals surface area contributed by atoms with Crippen molar-refractivity contribution in [1.29, 1.82) is 0 Å². The van der Waals surface area contributed by atoms with Gasteiger partial charge < -0.3 is 14.5 Å². The van der Waals surface area contributed by atoms with E-state index in [2.05, 4.69) is 15.2 Å². The normalized spacial score (nSPS) is 11.2. The largest absolute Gasteiger partial charge is 0.481 e. The molecule has 8 heteroatoms. The minimum Gasteiger partial charge on any atom is -0.481 e. The maximum atomic E-state index is 12.1. The Bertz CT molecular complexity index is 909. The van der Waals surface area contributed by atoms with E-state index in [4.69, 9.17) is 14.5 Å². The lowest BCUT2D eigenvalue weighted by Crippen LogP contribution is -2.12. The summed E-state index contributed by atoms with van der Waals surface area (Å²) in [6, 6.07) is 9.12. The first-order valence-corrected chi connectivity index (χ1v) is 8.64. The summed E-state index contributed by atoms with van der Waals surface area (Å²) in [6.45, 7) is 0. The number of nitrogens with one attached hydrogen (secondary N) is 1. The van der Waals surface area contributed by atoms with Gasteiger partial charge in [-0.1, -0.05) is 24.3 Å². The first kappa shape index (κ1) is 16.5. The lowest BCUT2D eigenvalue weighted by Gasteiger charge is -2.09. The third-order valence-corrected chi connectivity index (χ3v) is 4.27. The molecule has 0 bridgehead atoms. The molecule has 3 aromatic rings. The highest BCUT2D eigenvalue weighted by Crippen LogP contribution is 2.29. The standard InChI is InChI=1S/C16H16N3O4P/c1-23-14-7-12-8-17-19-16(20)15(12)13(18-14)6-10-2-4-11(5-3-10)9-24(21)22/h2-5,7-8,21-22H,6,9H2,1H3,(H,19,20). The van der Waals surface area contributed by atoms with Gasteiger partial charge in [0.05, 0.1) is 24.4 Å². The maximum absolute atomic E-state index is 12.1. The van der Waals surface area contributed by atoms with Crippen LogP contribution in [0.5, 0.6) is 5.88 Å². The van der Waals surface area contributed by atoms with Gasteiger partial charge >= 0.3 is 0 Å². The van der Waals surface area contributed by atoms with E-state index in [9.17, 15) is 4.79 Å². The van der Waals surface area contributed by atoms with Gasteiger partial charge in [0, 0.05) is 24.0 Å². The van der Waals surface area contributed by atoms with E-state index in [1.54, 1.807) is 12.3 Å². The van der Waals surface area contributed by atoms with Gasteiger partial charge in [-0.05, 0) is 11.1 Å². The van der Waals surface area contributed by atoms with Crippen molar-refractivity contribution in [3.05, 3.63) is 63.7 Å². The van der Waals surface area contributed by atoms with E-state index in [0.717, 1.165) is 11.1 Å². The molecule has 2 heterocycles. The number of methoxy groups -OCH3 is 1. The molecule has 0 fully saturated rings. The van der Waals surface area contributed by atoms with E-state index < -0.39 is 8.38 Å². The van der Waals surface area contributed by atoms with E-state index >= 15 is 0 Å². The molecular formula is C16H16N3O4P. The molecule has 0 saturated heterocycles. The molecule has 0 unspecified atom stereocenters. The molecule has 0 saturated carbocycles. The third kappa shape index (κ3) is 3.59. The van der Waals surface area contributed by atoms with Crippen LogP contribution in [0.15, 0.2) is 41.3 Å². The summed E-state index contributed by atoms with van der Waals surface area (Å²) in [5.41, 5.74) is 2.12.